The van der Waals surface area contributed by atoms with E-state index in [2.05, 4.69) is 0 Å². The summed E-state index contributed by atoms with van der Waals surface area (Å²) in [5.74, 6) is 0.131. The van der Waals surface area contributed by atoms with Gasteiger partial charge in [-0.1, -0.05) is 13.8 Å². The average molecular weight is 241 g/mol. The van der Waals surface area contributed by atoms with Crippen LogP contribution in [0.3, 0.4) is 0 Å². The molecule has 0 N–H and O–H groups in total. The molecular weight excluding hydrogens is 218 g/mol. The summed E-state index contributed by atoms with van der Waals surface area (Å²) in [6.45, 7) is 8.25. The number of carbonyl (C=O) groups excluding carboxylic acids is 2. The lowest BCUT2D eigenvalue weighted by Crippen LogP contribution is -2.38. The molecule has 1 aliphatic heterocycles. The van der Waals surface area contributed by atoms with Crippen LogP contribution in [0.4, 0.5) is 0 Å². The minimum Gasteiger partial charge on any atom is -0.462 e. The Kier molecular flexibility index (Phi) is 4.97. The van der Waals surface area contributed by atoms with E-state index in [1.807, 2.05) is 25.7 Å². The fraction of sp³-hybridized carbons (Fsp3) is 0.846. The Bertz CT molecular complexity index is 290. The van der Waals surface area contributed by atoms with Crippen molar-refractivity contribution in [3.05, 3.63) is 0 Å². The number of carbonyl (C=O) groups is 2. The van der Waals surface area contributed by atoms with Gasteiger partial charge in [-0.15, -0.1) is 0 Å². The van der Waals surface area contributed by atoms with Crippen molar-refractivity contribution in [2.75, 3.05) is 6.54 Å². The summed E-state index contributed by atoms with van der Waals surface area (Å²) in [7, 11) is 0. The second kappa shape index (κ2) is 6.03. The molecule has 0 aromatic carbocycles. The van der Waals surface area contributed by atoms with Gasteiger partial charge in [-0.2, -0.15) is 0 Å². The highest BCUT2D eigenvalue weighted by Gasteiger charge is 2.32. The van der Waals surface area contributed by atoms with Gasteiger partial charge in [0.05, 0.1) is 0 Å². The van der Waals surface area contributed by atoms with Gasteiger partial charge < -0.3 is 9.64 Å². The molecule has 3 unspecified atom stereocenters. The van der Waals surface area contributed by atoms with Gasteiger partial charge in [0.25, 0.3) is 0 Å². The van der Waals surface area contributed by atoms with E-state index in [9.17, 15) is 9.59 Å². The molecule has 4 nitrogen and oxygen atoms in total. The Morgan fingerprint density at radius 1 is 1.59 bits per heavy atom. The van der Waals surface area contributed by atoms with Crippen molar-refractivity contribution < 1.29 is 14.3 Å². The molecule has 1 heterocycles. The highest BCUT2D eigenvalue weighted by Crippen LogP contribution is 2.22. The maximum Gasteiger partial charge on any atom is 0.302 e. The molecule has 0 radical (unpaired) electrons. The van der Waals surface area contributed by atoms with Crippen LogP contribution in [0.15, 0.2) is 0 Å². The quantitative estimate of drug-likeness (QED) is 0.691. The number of likely N-dealkylation sites (tertiary alicyclic amines) is 1. The molecule has 3 atom stereocenters. The number of amides is 1. The lowest BCUT2D eigenvalue weighted by molar-refractivity contribution is -0.147. The molecule has 0 saturated carbocycles. The van der Waals surface area contributed by atoms with Crippen LogP contribution >= 0.6 is 0 Å². The SMILES string of the molecule is CCC(CC(C)N1CCC(C)C1=O)OC(C)=O. The second-order valence-corrected chi connectivity index (χ2v) is 4.95. The molecule has 1 aliphatic rings. The highest BCUT2D eigenvalue weighted by atomic mass is 16.5. The standard InChI is InChI=1S/C13H23NO3/c1-5-12(17-11(4)15)8-10(3)14-7-6-9(2)13(14)16/h9-10,12H,5-8H2,1-4H3. The Balaban J connectivity index is 2.50. The van der Waals surface area contributed by atoms with E-state index in [-0.39, 0.29) is 29.9 Å². The van der Waals surface area contributed by atoms with Gasteiger partial charge in [0, 0.05) is 31.8 Å². The first-order valence-corrected chi connectivity index (χ1v) is 6.43. The summed E-state index contributed by atoms with van der Waals surface area (Å²) in [6, 6.07) is 0.150. The van der Waals surface area contributed by atoms with Gasteiger partial charge in [0.15, 0.2) is 0 Å². The van der Waals surface area contributed by atoms with Crippen molar-refractivity contribution in [3.8, 4) is 0 Å². The first-order chi connectivity index (χ1) is 7.95. The highest BCUT2D eigenvalue weighted by molar-refractivity contribution is 5.80. The maximum atomic E-state index is 11.9. The topological polar surface area (TPSA) is 46.6 Å². The van der Waals surface area contributed by atoms with Crippen LogP contribution < -0.4 is 0 Å². The number of esters is 1. The molecule has 0 aromatic rings. The van der Waals surface area contributed by atoms with Crippen LogP contribution in [0.25, 0.3) is 0 Å². The van der Waals surface area contributed by atoms with Crippen LogP contribution in [0.1, 0.15) is 47.0 Å². The van der Waals surface area contributed by atoms with E-state index >= 15 is 0 Å². The summed E-state index contributed by atoms with van der Waals surface area (Å²) >= 11 is 0. The molecule has 0 aromatic heterocycles. The zero-order valence-electron chi connectivity index (χ0n) is 11.2. The van der Waals surface area contributed by atoms with Crippen LogP contribution in [-0.4, -0.2) is 35.5 Å². The molecule has 1 rings (SSSR count). The van der Waals surface area contributed by atoms with Crippen molar-refractivity contribution in [1.29, 1.82) is 0 Å². The molecule has 1 amide bonds. The fourth-order valence-corrected chi connectivity index (χ4v) is 2.33. The van der Waals surface area contributed by atoms with E-state index in [1.54, 1.807) is 0 Å². The molecule has 0 bridgehead atoms. The third-order valence-corrected chi connectivity index (χ3v) is 3.43. The molecule has 1 fully saturated rings. The lowest BCUT2D eigenvalue weighted by Gasteiger charge is -2.27. The third-order valence-electron chi connectivity index (χ3n) is 3.43. The third kappa shape index (κ3) is 3.72. The normalized spacial score (nSPS) is 23.6. The summed E-state index contributed by atoms with van der Waals surface area (Å²) < 4.78 is 5.21. The van der Waals surface area contributed by atoms with Gasteiger partial charge in [-0.3, -0.25) is 9.59 Å². The Labute approximate surface area is 103 Å². The van der Waals surface area contributed by atoms with E-state index in [4.69, 9.17) is 4.74 Å². The summed E-state index contributed by atoms with van der Waals surface area (Å²) in [5, 5.41) is 0. The van der Waals surface area contributed by atoms with Gasteiger partial charge in [-0.25, -0.2) is 0 Å². The Morgan fingerprint density at radius 3 is 2.65 bits per heavy atom. The monoisotopic (exact) mass is 241 g/mol. The zero-order valence-corrected chi connectivity index (χ0v) is 11.2. The summed E-state index contributed by atoms with van der Waals surface area (Å²) in [5.41, 5.74) is 0. The van der Waals surface area contributed by atoms with Crippen LogP contribution in [-0.2, 0) is 14.3 Å². The summed E-state index contributed by atoms with van der Waals surface area (Å²) in [4.78, 5) is 24.7. The molecule has 98 valence electrons. The minimum absolute atomic E-state index is 0.0776. The smallest absolute Gasteiger partial charge is 0.302 e. The average Bonchev–Trinajstić information content (AvgIpc) is 2.58. The first-order valence-electron chi connectivity index (χ1n) is 6.43. The van der Waals surface area contributed by atoms with E-state index < -0.39 is 0 Å². The van der Waals surface area contributed by atoms with Gasteiger partial charge in [-0.05, 0) is 19.8 Å². The lowest BCUT2D eigenvalue weighted by atomic mass is 10.1. The maximum absolute atomic E-state index is 11.9. The number of hydrogen-bond donors (Lipinski definition) is 0. The van der Waals surface area contributed by atoms with Crippen molar-refractivity contribution in [3.63, 3.8) is 0 Å². The van der Waals surface area contributed by atoms with Crippen molar-refractivity contribution in [1.82, 2.24) is 4.90 Å². The molecule has 0 spiro atoms. The van der Waals surface area contributed by atoms with Crippen molar-refractivity contribution >= 4 is 11.9 Å². The number of hydrogen-bond acceptors (Lipinski definition) is 3. The number of ether oxygens (including phenoxy) is 1. The van der Waals surface area contributed by atoms with Gasteiger partial charge in [0.1, 0.15) is 6.10 Å². The Hall–Kier alpha value is -1.06. The molecular formula is C13H23NO3. The van der Waals surface area contributed by atoms with Crippen LogP contribution in [0, 0.1) is 5.92 Å². The predicted octanol–water partition coefficient (Wildman–Crippen LogP) is 1.98. The predicted molar refractivity (Wildman–Crippen MR) is 65.4 cm³/mol. The Morgan fingerprint density at radius 2 is 2.24 bits per heavy atom. The van der Waals surface area contributed by atoms with Crippen LogP contribution in [0.2, 0.25) is 0 Å². The van der Waals surface area contributed by atoms with E-state index in [0.29, 0.717) is 0 Å². The van der Waals surface area contributed by atoms with Gasteiger partial charge >= 0.3 is 5.97 Å². The zero-order chi connectivity index (χ0) is 13.0. The minimum atomic E-state index is -0.245. The molecule has 17 heavy (non-hydrogen) atoms. The molecule has 1 saturated heterocycles. The molecule has 0 aliphatic carbocycles. The number of rotatable bonds is 5. The largest absolute Gasteiger partial charge is 0.462 e. The first kappa shape index (κ1) is 14.0. The van der Waals surface area contributed by atoms with Gasteiger partial charge in [0.2, 0.25) is 5.91 Å². The van der Waals surface area contributed by atoms with Crippen molar-refractivity contribution in [2.24, 2.45) is 5.92 Å². The van der Waals surface area contributed by atoms with E-state index in [1.165, 1.54) is 6.92 Å². The fourth-order valence-electron chi connectivity index (χ4n) is 2.33. The number of nitrogens with zero attached hydrogens (tertiary/aromatic N) is 1. The van der Waals surface area contributed by atoms with Crippen molar-refractivity contribution in [2.45, 2.75) is 59.1 Å². The van der Waals surface area contributed by atoms with Crippen LogP contribution in [0.5, 0.6) is 0 Å². The second-order valence-electron chi connectivity index (χ2n) is 4.95. The molecule has 4 heteroatoms. The summed E-state index contributed by atoms with van der Waals surface area (Å²) in [6.07, 6.45) is 2.38. The van der Waals surface area contributed by atoms with E-state index in [0.717, 1.165) is 25.8 Å².